The Morgan fingerprint density at radius 1 is 0.390 bits per heavy atom. The number of rotatable bonds is 15. The van der Waals surface area contributed by atoms with Crippen LogP contribution in [0.25, 0.3) is 0 Å². The van der Waals surface area contributed by atoms with Crippen LogP contribution in [0.15, 0.2) is 70.5 Å². The molecule has 1 heterocycles. The van der Waals surface area contributed by atoms with Crippen molar-refractivity contribution < 1.29 is 111 Å². The number of aliphatic hydroxyl groups excluding tert-OH is 1. The summed E-state index contributed by atoms with van der Waals surface area (Å²) in [5.41, 5.74) is -7.65. The van der Waals surface area contributed by atoms with Crippen LogP contribution in [0.1, 0.15) is 393 Å². The van der Waals surface area contributed by atoms with Crippen LogP contribution in [-0.2, 0) is 24.4 Å². The molecule has 1 saturated heterocycles. The number of epoxide rings is 1. The Balaban J connectivity index is 0.000000169. The first kappa shape index (κ1) is 113. The minimum Gasteiger partial charge on any atom is -0.400 e. The molecule has 0 radical (unpaired) electrons. The fourth-order valence-electron chi connectivity index (χ4n) is 34.3. The molecule has 1 aliphatic heterocycles. The Labute approximate surface area is 827 Å². The van der Waals surface area contributed by atoms with Crippen molar-refractivity contribution in [3.05, 3.63) is 67.6 Å². The number of hydrogen-bond donors (Lipinski definition) is 6. The summed E-state index contributed by atoms with van der Waals surface area (Å²) in [6, 6.07) is 17.5. The maximum absolute atomic E-state index is 14.5. The molecule has 2 aromatic rings. The van der Waals surface area contributed by atoms with Crippen LogP contribution in [0.3, 0.4) is 0 Å². The molecule has 15 aliphatic carbocycles. The van der Waals surface area contributed by atoms with Gasteiger partial charge in [0.1, 0.15) is 0 Å². The van der Waals surface area contributed by atoms with E-state index in [0.717, 1.165) is 168 Å². The zero-order valence-electron chi connectivity index (χ0n) is 86.9. The molecule has 16 fully saturated rings. The van der Waals surface area contributed by atoms with Gasteiger partial charge >= 0.3 is 37.4 Å². The minimum atomic E-state index is -4.59. The van der Waals surface area contributed by atoms with Gasteiger partial charge in [0.2, 0.25) is 0 Å². The summed E-state index contributed by atoms with van der Waals surface area (Å²) in [7, 11) is -6.07. The Morgan fingerprint density at radius 2 is 0.699 bits per heavy atom. The van der Waals surface area contributed by atoms with Gasteiger partial charge in [-0.1, -0.05) is 154 Å². The molecule has 16 aliphatic rings. The first-order valence-corrected chi connectivity index (χ1v) is 57.0. The molecule has 11 nitrogen and oxygen atoms in total. The van der Waals surface area contributed by atoms with E-state index >= 15 is 0 Å². The fraction of sp³-hybridized carbons (Fsp3) is 0.885. The molecule has 774 valence electrons. The number of alkyl halides is 9. The Morgan fingerprint density at radius 3 is 1.04 bits per heavy atom. The van der Waals surface area contributed by atoms with E-state index in [4.69, 9.17) is 9.84 Å². The van der Waals surface area contributed by atoms with Crippen LogP contribution in [-0.4, -0.2) is 124 Å². The maximum Gasteiger partial charge on any atom is 1.00 e. The summed E-state index contributed by atoms with van der Waals surface area (Å²) in [6.07, 6.45) is 21.7. The van der Waals surface area contributed by atoms with Gasteiger partial charge in [0.25, 0.3) is 0 Å². The average molecular weight is 1960 g/mol. The molecule has 23 heteroatoms. The summed E-state index contributed by atoms with van der Waals surface area (Å²) in [6.45, 7) is 41.2. The molecule has 2 aromatic carbocycles. The van der Waals surface area contributed by atoms with E-state index in [2.05, 4.69) is 118 Å². The average Bonchev–Trinajstić information content (AvgIpc) is 1.39. The summed E-state index contributed by atoms with van der Waals surface area (Å²) in [5.74, 6) is 6.05. The molecule has 0 aromatic heterocycles. The largest absolute Gasteiger partial charge is 1.00 e. The normalized spacial score (nSPS) is 41.6. The van der Waals surface area contributed by atoms with Gasteiger partial charge in [-0.2, -0.15) is 45.9 Å². The summed E-state index contributed by atoms with van der Waals surface area (Å²) < 4.78 is 184. The van der Waals surface area contributed by atoms with E-state index in [9.17, 15) is 81.9 Å². The molecule has 136 heavy (non-hydrogen) atoms. The van der Waals surface area contributed by atoms with E-state index in [-0.39, 0.29) is 138 Å². The summed E-state index contributed by atoms with van der Waals surface area (Å²) >= 11 is 0. The van der Waals surface area contributed by atoms with Gasteiger partial charge < -0.3 is 42.3 Å². The van der Waals surface area contributed by atoms with E-state index in [1.165, 1.54) is 51.4 Å². The molecular weight excluding hydrogens is 1780 g/mol. The summed E-state index contributed by atoms with van der Waals surface area (Å²) in [4.78, 5) is 0.722. The van der Waals surface area contributed by atoms with Crippen LogP contribution in [0, 0.1) is 162 Å². The molecule has 6 N–H and O–H groups in total. The van der Waals surface area contributed by atoms with Crippen LogP contribution < -0.4 is 18.9 Å². The number of hydrogen-bond acceptors (Lipinski definition) is 11. The van der Waals surface area contributed by atoms with E-state index in [0.29, 0.717) is 135 Å². The van der Waals surface area contributed by atoms with Crippen LogP contribution in [0.5, 0.6) is 0 Å². The third-order valence-electron chi connectivity index (χ3n) is 43.8. The van der Waals surface area contributed by atoms with Gasteiger partial charge in [-0.05, 0) is 449 Å². The van der Waals surface area contributed by atoms with Gasteiger partial charge in [0, 0.05) is 7.11 Å². The molecule has 28 atom stereocenters. The van der Waals surface area contributed by atoms with Crippen molar-refractivity contribution in [3.8, 4) is 0 Å². The Kier molecular flexibility index (Phi) is 33.9. The van der Waals surface area contributed by atoms with Crippen molar-refractivity contribution in [1.82, 2.24) is 0 Å². The van der Waals surface area contributed by atoms with Crippen molar-refractivity contribution in [2.24, 2.45) is 155 Å². The van der Waals surface area contributed by atoms with E-state index in [1.807, 2.05) is 12.1 Å². The van der Waals surface area contributed by atoms with Crippen LogP contribution in [0.4, 0.5) is 39.5 Å². The number of halogens is 9. The van der Waals surface area contributed by atoms with E-state index in [1.54, 1.807) is 48.5 Å². The monoisotopic (exact) mass is 1960 g/mol. The third-order valence-corrected chi connectivity index (χ3v) is 48.0. The van der Waals surface area contributed by atoms with E-state index < -0.39 is 71.5 Å². The zero-order chi connectivity index (χ0) is 99.4. The predicted molar refractivity (Wildman–Crippen MR) is 520 cm³/mol. The smallest absolute Gasteiger partial charge is 0.400 e. The van der Waals surface area contributed by atoms with Gasteiger partial charge in [-0.25, -0.2) is 16.8 Å². The van der Waals surface area contributed by atoms with Crippen molar-refractivity contribution in [2.75, 3.05) is 19.5 Å². The molecule has 18 rings (SSSR count). The summed E-state index contributed by atoms with van der Waals surface area (Å²) in [5, 5.41) is 61.0. The van der Waals surface area contributed by atoms with Crippen LogP contribution >= 0.6 is 0 Å². The number of aliphatic hydroxyl groups is 6. The molecule has 0 amide bonds. The van der Waals surface area contributed by atoms with Crippen molar-refractivity contribution in [3.63, 3.8) is 0 Å². The Bertz CT molecular complexity index is 4470. The SMILES string of the molecule is CC1(C)CCC2(CC1)CO2.CO.C[C@H](C(CC1(O)CCC(C)(C)CC1)S(=O)(=O)c1ccccc1)[C@H]1CC[C@H]2[C@@H]3CC[C@H]4C[C@](O)(C(F)(F)F)CC[C@]4(C)[C@H]3CC[C@]12C.C[C@H](CCC1(O)CCC(C)(C)CC1)[C@H]1CC[C@H]2[C@@H]3CC[C@H]4C[C@](O)(C(F)(F)F)CC[C@]4(C)[C@H]3CC[C@]12C.C[C@H](CS(=O)(=O)c1ccccc1)[C@H]1CC[C@H]2[C@@H]3CC[C@H]4C[C@](O)(C(F)(F)F)CC[C@]4(C)[C@H]3CC[C@]12C.[CH2-]CCC.[Li+]. The quantitative estimate of drug-likeness (QED) is 0.0429. The molecule has 1 unspecified atom stereocenters. The number of benzene rings is 2. The fourth-order valence-corrected chi connectivity index (χ4v) is 38.1. The second kappa shape index (κ2) is 40.9. The minimum absolute atomic E-state index is 0. The molecular formula is C113H180F9LiO11S2. The van der Waals surface area contributed by atoms with Gasteiger partial charge in [0.15, 0.2) is 36.5 Å². The standard InChI is InChI=1S/C38H57F3O4S.C32H53F3O2.C29H41F3O3S.C9H16O.C4H9.CH4O.Li/c1-25(32(46(44,45)27-9-7-6-8-10-27)24-36(42)20-17-33(2,3)18-21-36)29-13-14-30-28-12-11-26-23-37(43,38(39,40)41)22-19-34(26,4)31(28)15-16-35(29,30)5;1-21(10-13-30(36)17-14-27(2,3)15-18-30)24-8-9-25-23-7-6-22-20-31(37,32(33,34)35)19-16-28(22,4)26(23)11-12-29(24,25)5;1-19(18-36(34,35)21-7-5-4-6-8-21)23-11-12-24-22-10-9-20-17-28(33,29(30,31)32)16-15-26(20,2)25(22)13-14-27(23,24)3;1-8(2)3-5-9(6-4-8)7-10-9;1-3-4-2;1-2;/h6-10,25-26,28-32,42-43H,11-24H2,1-5H3;21-26,36-37H,6-20H2,1-5H3;4-8,19-20,22-25,33H,9-18H2,1-3H3;3-7H2,1-2H3;1,3-4H2,2H3;2H,1H3;/q;;;;-1;;+1/t25-,26-,28-,29+,30-,31-,32?,34-,35+,37-;21-,22+,23+,24-,25+,26+,28+,29-,31+;19-,20+,22+,23-,24+,25+,26+,27-,28+;;;;/m011..../s1. The maximum atomic E-state index is 14.5. The Hall–Kier alpha value is -1.97. The topological polar surface area (TPSA) is 202 Å². The predicted octanol–water partition coefficient (Wildman–Crippen LogP) is 25.5. The van der Waals surface area contributed by atoms with Crippen LogP contribution in [0.2, 0.25) is 0 Å². The van der Waals surface area contributed by atoms with Gasteiger partial charge in [-0.15, -0.1) is 0 Å². The molecule has 0 bridgehead atoms. The first-order valence-electron chi connectivity index (χ1n) is 53.8. The van der Waals surface area contributed by atoms with Crippen molar-refractivity contribution >= 4 is 19.7 Å². The second-order valence-corrected chi connectivity index (χ2v) is 56.9. The molecule has 1 spiro atoms. The first-order chi connectivity index (χ1) is 62.5. The van der Waals surface area contributed by atoms with Gasteiger partial charge in [0.05, 0.1) is 44.2 Å². The number of sulfone groups is 2. The third kappa shape index (κ3) is 22.3. The second-order valence-electron chi connectivity index (χ2n) is 52.7. The van der Waals surface area contributed by atoms with Crippen molar-refractivity contribution in [2.45, 2.75) is 460 Å². The van der Waals surface area contributed by atoms with Gasteiger partial charge in [-0.3, -0.25) is 0 Å². The zero-order valence-corrected chi connectivity index (χ0v) is 88.6. The molecule has 15 saturated carbocycles. The van der Waals surface area contributed by atoms with Crippen molar-refractivity contribution in [1.29, 1.82) is 0 Å². The number of ether oxygens (including phenoxy) is 1. The number of unbranched alkanes of at least 4 members (excludes halogenated alkanes) is 1. The number of fused-ring (bicyclic) bond motifs is 15.